The maximum absolute atomic E-state index is 9.45. The largest absolute Gasteiger partial charge is 0.489 e. The molecule has 0 rings (SSSR count). The van der Waals surface area contributed by atoms with Gasteiger partial charge in [0.15, 0.2) is 0 Å². The van der Waals surface area contributed by atoms with Gasteiger partial charge in [-0.3, -0.25) is 0 Å². The van der Waals surface area contributed by atoms with Crippen LogP contribution in [0.2, 0.25) is 6.55 Å². The van der Waals surface area contributed by atoms with Gasteiger partial charge in [0.05, 0.1) is 0 Å². The lowest BCUT2D eigenvalue weighted by molar-refractivity contribution is -0.145. The second-order valence-electron chi connectivity index (χ2n) is 1.99. The van der Waals surface area contributed by atoms with Crippen LogP contribution >= 0.6 is 0 Å². The van der Waals surface area contributed by atoms with Gasteiger partial charge in [-0.2, -0.15) is 0 Å². The van der Waals surface area contributed by atoms with Gasteiger partial charge in [0, 0.05) is 6.55 Å². The van der Waals surface area contributed by atoms with Crippen molar-refractivity contribution in [2.75, 3.05) is 0 Å². The lowest BCUT2D eigenvalue weighted by atomic mass is 10.4. The van der Waals surface area contributed by atoms with Gasteiger partial charge in [-0.05, 0) is 6.92 Å². The lowest BCUT2D eigenvalue weighted by Crippen LogP contribution is -2.28. The number of carboxylic acids is 1. The number of hydrogen-bond donors (Lipinski definition) is 5. The average molecular weight is 184 g/mol. The maximum atomic E-state index is 9.45. The van der Waals surface area contributed by atoms with Crippen LogP contribution in [0.25, 0.3) is 0 Å². The number of aliphatic carboxylic acids is 1. The van der Waals surface area contributed by atoms with Gasteiger partial charge < -0.3 is 24.6 Å². The van der Waals surface area contributed by atoms with Crippen LogP contribution in [-0.4, -0.2) is 45.5 Å². The molecular weight excluding hydrogens is 172 g/mol. The minimum atomic E-state index is -3.61. The van der Waals surface area contributed by atoms with E-state index in [0.29, 0.717) is 0 Å². The van der Waals surface area contributed by atoms with Crippen LogP contribution in [0.15, 0.2) is 0 Å². The Labute approximate surface area is 64.7 Å². The van der Waals surface area contributed by atoms with E-state index in [-0.39, 0.29) is 0 Å². The van der Waals surface area contributed by atoms with E-state index in [9.17, 15) is 4.79 Å². The molecule has 1 atom stereocenters. The number of carbonyl (C=O) groups is 1. The molecule has 0 aromatic carbocycles. The molecule has 5 N–H and O–H groups in total. The average Bonchev–Trinajstić information content (AvgIpc) is 1.59. The zero-order valence-electron chi connectivity index (χ0n) is 6.22. The highest BCUT2D eigenvalue weighted by atomic mass is 28.4. The Bertz CT molecular complexity index is 110. The van der Waals surface area contributed by atoms with Crippen LogP contribution in [0.1, 0.15) is 6.92 Å². The molecule has 0 spiro atoms. The molecule has 0 aromatic heterocycles. The van der Waals surface area contributed by atoms with Gasteiger partial charge in [0.25, 0.3) is 0 Å². The SMILES string of the molecule is CC(O)C(=O)O.C[Si](O)(O)O. The summed E-state index contributed by atoms with van der Waals surface area (Å²) < 4.78 is 0. The predicted molar refractivity (Wildman–Crippen MR) is 37.6 cm³/mol. The highest BCUT2D eigenvalue weighted by Gasteiger charge is 2.14. The number of hydrogen-bond acceptors (Lipinski definition) is 5. The molecule has 0 bridgehead atoms. The Hall–Kier alpha value is -0.473. The van der Waals surface area contributed by atoms with Crippen molar-refractivity contribution in [3.8, 4) is 0 Å². The highest BCUT2D eigenvalue weighted by molar-refractivity contribution is 6.54. The van der Waals surface area contributed by atoms with Crippen molar-refractivity contribution in [1.29, 1.82) is 0 Å². The highest BCUT2D eigenvalue weighted by Crippen LogP contribution is 1.75. The molecule has 1 unspecified atom stereocenters. The van der Waals surface area contributed by atoms with Crippen molar-refractivity contribution in [2.24, 2.45) is 0 Å². The smallest absolute Gasteiger partial charge is 0.479 e. The molecule has 68 valence electrons. The van der Waals surface area contributed by atoms with Crippen molar-refractivity contribution in [2.45, 2.75) is 19.6 Å². The standard InChI is InChI=1S/C3H6O3.CH6O3Si/c1-2(4)3(5)6;1-5(2,3)4/h2,4H,1H3,(H,5,6);2-4H,1H3. The molecule has 0 radical (unpaired) electrons. The number of aliphatic hydroxyl groups is 1. The first-order valence-corrected chi connectivity index (χ1v) is 5.06. The molecule has 0 aliphatic rings. The quantitative estimate of drug-likeness (QED) is 0.300. The summed E-state index contributed by atoms with van der Waals surface area (Å²) in [6.45, 7) is 2.19. The fourth-order valence-electron chi connectivity index (χ4n) is 0. The Kier molecular flexibility index (Phi) is 6.23. The summed E-state index contributed by atoms with van der Waals surface area (Å²) in [5.41, 5.74) is 0. The van der Waals surface area contributed by atoms with Gasteiger partial charge in [0.2, 0.25) is 0 Å². The summed E-state index contributed by atoms with van der Waals surface area (Å²) in [4.78, 5) is 32.8. The van der Waals surface area contributed by atoms with Crippen molar-refractivity contribution in [3.63, 3.8) is 0 Å². The van der Waals surface area contributed by atoms with Crippen molar-refractivity contribution >= 4 is 14.8 Å². The van der Waals surface area contributed by atoms with Crippen molar-refractivity contribution in [1.82, 2.24) is 0 Å². The fourth-order valence-corrected chi connectivity index (χ4v) is 0. The van der Waals surface area contributed by atoms with Crippen LogP contribution in [0.3, 0.4) is 0 Å². The second-order valence-corrected chi connectivity index (χ2v) is 3.93. The van der Waals surface area contributed by atoms with E-state index in [1.807, 2.05) is 0 Å². The third-order valence-electron chi connectivity index (χ3n) is 0.357. The minimum absolute atomic E-state index is 0.993. The van der Waals surface area contributed by atoms with E-state index >= 15 is 0 Å². The zero-order chi connectivity index (χ0) is 9.65. The maximum Gasteiger partial charge on any atom is 0.489 e. The first-order valence-electron chi connectivity index (χ1n) is 2.72. The van der Waals surface area contributed by atoms with E-state index in [2.05, 4.69) is 0 Å². The predicted octanol–water partition coefficient (Wildman–Crippen LogP) is -2.02. The summed E-state index contributed by atoms with van der Waals surface area (Å²) in [6, 6.07) is 0. The van der Waals surface area contributed by atoms with Crippen molar-refractivity contribution < 1.29 is 29.4 Å². The summed E-state index contributed by atoms with van der Waals surface area (Å²) in [6.07, 6.45) is -1.23. The summed E-state index contributed by atoms with van der Waals surface area (Å²) in [5, 5.41) is 15.8. The molecule has 7 heteroatoms. The van der Waals surface area contributed by atoms with Crippen LogP contribution in [0, 0.1) is 0 Å². The molecule has 0 aliphatic carbocycles. The first-order chi connectivity index (χ1) is 4.64. The van der Waals surface area contributed by atoms with Gasteiger partial charge >= 0.3 is 14.8 Å². The molecule has 6 nitrogen and oxygen atoms in total. The first kappa shape index (κ1) is 13.1. The van der Waals surface area contributed by atoms with E-state index in [1.54, 1.807) is 0 Å². The van der Waals surface area contributed by atoms with E-state index in [0.717, 1.165) is 6.55 Å². The number of carboxylic acid groups (broad SMARTS) is 1. The van der Waals surface area contributed by atoms with Gasteiger partial charge in [-0.15, -0.1) is 0 Å². The summed E-state index contributed by atoms with van der Waals surface area (Å²) >= 11 is 0. The van der Waals surface area contributed by atoms with Crippen LogP contribution in [0.5, 0.6) is 0 Å². The second kappa shape index (κ2) is 5.21. The van der Waals surface area contributed by atoms with Gasteiger partial charge in [0.1, 0.15) is 6.10 Å². The molecule has 11 heavy (non-hydrogen) atoms. The Morgan fingerprint density at radius 1 is 1.36 bits per heavy atom. The normalized spacial score (nSPS) is 12.9. The van der Waals surface area contributed by atoms with Crippen LogP contribution < -0.4 is 0 Å². The van der Waals surface area contributed by atoms with E-state index in [4.69, 9.17) is 24.6 Å². The van der Waals surface area contributed by atoms with E-state index < -0.39 is 20.9 Å². The van der Waals surface area contributed by atoms with Crippen LogP contribution in [0.4, 0.5) is 0 Å². The number of rotatable bonds is 1. The van der Waals surface area contributed by atoms with E-state index in [1.165, 1.54) is 6.92 Å². The molecule has 0 amide bonds. The molecular formula is C4H12O6Si. The molecule has 0 fully saturated rings. The Morgan fingerprint density at radius 3 is 1.45 bits per heavy atom. The lowest BCUT2D eigenvalue weighted by Gasteiger charge is -1.95. The van der Waals surface area contributed by atoms with Gasteiger partial charge in [-0.1, -0.05) is 0 Å². The molecule has 0 aliphatic heterocycles. The van der Waals surface area contributed by atoms with Crippen LogP contribution in [-0.2, 0) is 4.79 Å². The molecule has 0 saturated heterocycles. The third-order valence-corrected chi connectivity index (χ3v) is 0.357. The van der Waals surface area contributed by atoms with Crippen molar-refractivity contribution in [3.05, 3.63) is 0 Å². The fraction of sp³-hybridized carbons (Fsp3) is 0.750. The minimum Gasteiger partial charge on any atom is -0.479 e. The van der Waals surface area contributed by atoms with Gasteiger partial charge in [-0.25, -0.2) is 4.79 Å². The Balaban J connectivity index is 0. The zero-order valence-corrected chi connectivity index (χ0v) is 7.22. The molecule has 0 aromatic rings. The molecule has 0 saturated carbocycles. The molecule has 0 heterocycles. The topological polar surface area (TPSA) is 118 Å². The monoisotopic (exact) mass is 184 g/mol. The summed E-state index contributed by atoms with van der Waals surface area (Å²) in [5.74, 6) is -1.19. The third kappa shape index (κ3) is 43.4. The number of aliphatic hydroxyl groups excluding tert-OH is 1. The summed E-state index contributed by atoms with van der Waals surface area (Å²) in [7, 11) is -3.61. The Morgan fingerprint density at radius 2 is 1.45 bits per heavy atom.